The van der Waals surface area contributed by atoms with Crippen molar-refractivity contribution in [2.24, 2.45) is 0 Å². The van der Waals surface area contributed by atoms with Gasteiger partial charge >= 0.3 is 12.1 Å². The van der Waals surface area contributed by atoms with Crippen molar-refractivity contribution >= 4 is 35.2 Å². The Morgan fingerprint density at radius 2 is 1.85 bits per heavy atom. The molecule has 1 atom stereocenters. The second kappa shape index (κ2) is 8.66. The van der Waals surface area contributed by atoms with Crippen molar-refractivity contribution in [3.63, 3.8) is 0 Å². The van der Waals surface area contributed by atoms with Gasteiger partial charge in [0.05, 0.1) is 28.8 Å². The molecule has 0 aliphatic carbocycles. The Labute approximate surface area is 160 Å². The standard InChI is InChI=1S/C15H12Cl2F3NO6/c16-10-6-8-5-9(14(22)25-3-1-2-4-26-21(23)24)13(15(18,19)20)27-12(8)7-11(10)17/h5-7,13H,1-4H2/t13-/m0/s1. The molecule has 0 bridgehead atoms. The summed E-state index contributed by atoms with van der Waals surface area (Å²) in [6.45, 7) is -0.454. The lowest BCUT2D eigenvalue weighted by Gasteiger charge is -2.28. The summed E-state index contributed by atoms with van der Waals surface area (Å²) in [5.41, 5.74) is -0.592. The summed E-state index contributed by atoms with van der Waals surface area (Å²) in [5.74, 6) is -1.38. The van der Waals surface area contributed by atoms with Crippen LogP contribution in [0.1, 0.15) is 18.4 Å². The van der Waals surface area contributed by atoms with Crippen LogP contribution in [-0.2, 0) is 14.4 Å². The minimum Gasteiger partial charge on any atom is -0.475 e. The van der Waals surface area contributed by atoms with Crippen LogP contribution in [0, 0.1) is 10.1 Å². The number of nitrogens with zero attached hydrogens (tertiary/aromatic N) is 1. The zero-order chi connectivity index (χ0) is 20.2. The van der Waals surface area contributed by atoms with E-state index in [1.54, 1.807) is 0 Å². The second-order valence-electron chi connectivity index (χ2n) is 5.34. The molecule has 0 spiro atoms. The first-order valence-corrected chi connectivity index (χ1v) is 8.23. The summed E-state index contributed by atoms with van der Waals surface area (Å²) in [4.78, 5) is 26.1. The van der Waals surface area contributed by atoms with E-state index in [9.17, 15) is 28.1 Å². The zero-order valence-corrected chi connectivity index (χ0v) is 14.9. The minimum atomic E-state index is -4.87. The van der Waals surface area contributed by atoms with Gasteiger partial charge in [-0.3, -0.25) is 0 Å². The number of benzene rings is 1. The van der Waals surface area contributed by atoms with E-state index in [2.05, 4.69) is 4.84 Å². The average molecular weight is 430 g/mol. The molecule has 27 heavy (non-hydrogen) atoms. The molecule has 1 heterocycles. The molecule has 0 aromatic heterocycles. The monoisotopic (exact) mass is 429 g/mol. The Bertz CT molecular complexity index is 769. The summed E-state index contributed by atoms with van der Waals surface area (Å²) in [5, 5.41) is 9.09. The third-order valence-corrected chi connectivity index (χ3v) is 4.11. The van der Waals surface area contributed by atoms with Gasteiger partial charge < -0.3 is 14.3 Å². The lowest BCUT2D eigenvalue weighted by Crippen LogP contribution is -2.40. The van der Waals surface area contributed by atoms with Crippen molar-refractivity contribution < 1.29 is 37.4 Å². The number of esters is 1. The number of ether oxygens (including phenoxy) is 2. The van der Waals surface area contributed by atoms with E-state index in [4.69, 9.17) is 32.7 Å². The summed E-state index contributed by atoms with van der Waals surface area (Å²) >= 11 is 11.6. The van der Waals surface area contributed by atoms with Crippen LogP contribution < -0.4 is 4.74 Å². The van der Waals surface area contributed by atoms with E-state index in [0.717, 1.165) is 12.1 Å². The molecule has 0 unspecified atom stereocenters. The first kappa shape index (κ1) is 21.1. The van der Waals surface area contributed by atoms with Crippen LogP contribution in [0.15, 0.2) is 17.7 Å². The average Bonchev–Trinajstić information content (AvgIpc) is 2.56. The molecule has 2 rings (SSSR count). The maximum absolute atomic E-state index is 13.3. The maximum Gasteiger partial charge on any atom is 0.430 e. The number of hydrogen-bond donors (Lipinski definition) is 0. The Morgan fingerprint density at radius 1 is 1.22 bits per heavy atom. The number of hydrogen-bond acceptors (Lipinski definition) is 6. The van der Waals surface area contributed by atoms with E-state index in [1.807, 2.05) is 0 Å². The third kappa shape index (κ3) is 5.64. The maximum atomic E-state index is 13.3. The van der Waals surface area contributed by atoms with Gasteiger partial charge in [-0.25, -0.2) is 4.79 Å². The highest BCUT2D eigenvalue weighted by Crippen LogP contribution is 2.40. The van der Waals surface area contributed by atoms with Crippen molar-refractivity contribution in [3.05, 3.63) is 43.4 Å². The van der Waals surface area contributed by atoms with Gasteiger partial charge in [-0.1, -0.05) is 23.2 Å². The van der Waals surface area contributed by atoms with E-state index in [1.165, 1.54) is 6.07 Å². The first-order valence-electron chi connectivity index (χ1n) is 7.48. The molecule has 1 aliphatic heterocycles. The normalized spacial score (nSPS) is 16.0. The lowest BCUT2D eigenvalue weighted by molar-refractivity contribution is -0.757. The van der Waals surface area contributed by atoms with Gasteiger partial charge in [0.15, 0.2) is 0 Å². The largest absolute Gasteiger partial charge is 0.475 e. The SMILES string of the molecule is O=C(OCCCCO[N+](=O)[O-])C1=Cc2cc(Cl)c(Cl)cc2O[C@@H]1C(F)(F)F. The number of rotatable bonds is 7. The van der Waals surface area contributed by atoms with Crippen molar-refractivity contribution in [2.45, 2.75) is 25.1 Å². The summed E-state index contributed by atoms with van der Waals surface area (Å²) in [6, 6.07) is 2.40. The Balaban J connectivity index is 2.10. The predicted octanol–water partition coefficient (Wildman–Crippen LogP) is 4.23. The molecular weight excluding hydrogens is 418 g/mol. The number of carbonyl (C=O) groups excluding carboxylic acids is 1. The second-order valence-corrected chi connectivity index (χ2v) is 6.16. The van der Waals surface area contributed by atoms with Crippen molar-refractivity contribution in [2.75, 3.05) is 13.2 Å². The molecule has 0 fully saturated rings. The first-order chi connectivity index (χ1) is 12.6. The van der Waals surface area contributed by atoms with Crippen LogP contribution in [0.2, 0.25) is 10.0 Å². The topological polar surface area (TPSA) is 87.9 Å². The van der Waals surface area contributed by atoms with Gasteiger partial charge in [-0.15, -0.1) is 10.1 Å². The highest BCUT2D eigenvalue weighted by Gasteiger charge is 2.48. The number of carbonyl (C=O) groups is 1. The third-order valence-electron chi connectivity index (χ3n) is 3.39. The molecule has 1 aromatic rings. The fourth-order valence-electron chi connectivity index (χ4n) is 2.19. The van der Waals surface area contributed by atoms with E-state index < -0.39 is 28.9 Å². The van der Waals surface area contributed by atoms with Gasteiger partial charge in [0.25, 0.3) is 5.09 Å². The van der Waals surface area contributed by atoms with Crippen molar-refractivity contribution in [3.8, 4) is 5.75 Å². The van der Waals surface area contributed by atoms with Crippen LogP contribution >= 0.6 is 23.2 Å². The smallest absolute Gasteiger partial charge is 0.430 e. The number of unbranched alkanes of at least 4 members (excludes halogenated alkanes) is 1. The molecule has 148 valence electrons. The minimum absolute atomic E-state index is 0.00714. The van der Waals surface area contributed by atoms with Crippen LogP contribution in [0.4, 0.5) is 13.2 Å². The molecule has 0 saturated carbocycles. The lowest BCUT2D eigenvalue weighted by atomic mass is 10.0. The predicted molar refractivity (Wildman–Crippen MR) is 88.0 cm³/mol. The quantitative estimate of drug-likeness (QED) is 0.279. The molecule has 12 heteroatoms. The summed E-state index contributed by atoms with van der Waals surface area (Å²) in [7, 11) is 0. The fraction of sp³-hybridized carbons (Fsp3) is 0.400. The van der Waals surface area contributed by atoms with Gasteiger partial charge in [-0.2, -0.15) is 13.2 Å². The molecule has 1 aliphatic rings. The van der Waals surface area contributed by atoms with Crippen LogP contribution in [0.5, 0.6) is 5.75 Å². The number of fused-ring (bicyclic) bond motifs is 1. The van der Waals surface area contributed by atoms with Gasteiger partial charge in [0.1, 0.15) is 5.75 Å². The zero-order valence-electron chi connectivity index (χ0n) is 13.4. The summed E-state index contributed by atoms with van der Waals surface area (Å²) < 4.78 is 49.5. The molecule has 1 aromatic carbocycles. The van der Waals surface area contributed by atoms with E-state index in [0.29, 0.717) is 0 Å². The van der Waals surface area contributed by atoms with Crippen molar-refractivity contribution in [1.82, 2.24) is 0 Å². The Kier molecular flexibility index (Phi) is 6.77. The van der Waals surface area contributed by atoms with Gasteiger partial charge in [0.2, 0.25) is 6.10 Å². The van der Waals surface area contributed by atoms with E-state index >= 15 is 0 Å². The molecule has 0 amide bonds. The molecular formula is C15H12Cl2F3NO6. The fourth-order valence-corrected chi connectivity index (χ4v) is 2.52. The van der Waals surface area contributed by atoms with Gasteiger partial charge in [0, 0.05) is 11.6 Å². The van der Waals surface area contributed by atoms with Crippen LogP contribution in [0.25, 0.3) is 6.08 Å². The molecule has 0 saturated heterocycles. The van der Waals surface area contributed by atoms with Crippen molar-refractivity contribution in [1.29, 1.82) is 0 Å². The Morgan fingerprint density at radius 3 is 2.48 bits per heavy atom. The number of halogens is 5. The molecule has 0 radical (unpaired) electrons. The highest BCUT2D eigenvalue weighted by atomic mass is 35.5. The molecule has 0 N–H and O–H groups in total. The van der Waals surface area contributed by atoms with Crippen LogP contribution in [0.3, 0.4) is 0 Å². The number of alkyl halides is 3. The highest BCUT2D eigenvalue weighted by molar-refractivity contribution is 6.42. The Hall–Kier alpha value is -2.20. The summed E-state index contributed by atoms with van der Waals surface area (Å²) in [6.07, 6.45) is -6.05. The van der Waals surface area contributed by atoms with Gasteiger partial charge in [-0.05, 0) is 25.0 Å². The van der Waals surface area contributed by atoms with Crippen LogP contribution in [-0.4, -0.2) is 36.5 Å². The molecule has 7 nitrogen and oxygen atoms in total. The van der Waals surface area contributed by atoms with E-state index in [-0.39, 0.29) is 47.4 Å².